The Kier molecular flexibility index (Phi) is 25.3. The van der Waals surface area contributed by atoms with Crippen LogP contribution >= 0.6 is 0 Å². The van der Waals surface area contributed by atoms with Crippen LogP contribution in [0.15, 0.2) is 294 Å². The number of benzene rings is 10. The molecule has 2 aliphatic rings. The lowest BCUT2D eigenvalue weighted by Crippen LogP contribution is -2.63. The fraction of sp³-hybridized carbons (Fsp3) is 0.191. The van der Waals surface area contributed by atoms with Crippen LogP contribution in [0.5, 0.6) is 17.2 Å². The van der Waals surface area contributed by atoms with Crippen LogP contribution < -0.4 is 19.6 Å². The maximum Gasteiger partial charge on any atom is 0.338 e. The van der Waals surface area contributed by atoms with Gasteiger partial charge < -0.3 is 66.0 Å². The van der Waals surface area contributed by atoms with Crippen LogP contribution in [0.4, 0.5) is 0 Å². The van der Waals surface area contributed by atoms with Gasteiger partial charge in [0.15, 0.2) is 29.8 Å². The molecule has 0 spiro atoms. The summed E-state index contributed by atoms with van der Waals surface area (Å²) >= 11 is 0. The van der Waals surface area contributed by atoms with Crippen molar-refractivity contribution in [3.8, 4) is 28.6 Å². The number of rotatable bonds is 28. The summed E-state index contributed by atoms with van der Waals surface area (Å²) in [5.74, 6) is -8.79. The van der Waals surface area contributed by atoms with E-state index in [-0.39, 0.29) is 90.5 Å². The van der Waals surface area contributed by atoms with Crippen LogP contribution in [0.3, 0.4) is 0 Å². The number of hydrogen-bond acceptors (Lipinski definition) is 24. The SMILES string of the molecule is CCCCCC(=O)Oc1cc(O[C@@H]2O[C@H](COC(=O)c3ccccc3)[C@@H](OC(=O)c3ccccc3)[C@H](OC(=O)c3ccccc3)[C@H]2OC(=O)c2ccccc2)cc2oc(-c3ccc(O[C@@H]4O[C@H](COC(=O)c5ccccc5)[C@@H](OC(=O)c5ccccc5)[C@H](OC(=O)c5ccccc5)[C@H]4OC(=O)c4ccccc4)cc3)cc(=O)c12. The summed E-state index contributed by atoms with van der Waals surface area (Å²) < 4.78 is 88.5. The molecule has 11 aromatic rings. The quantitative estimate of drug-likeness (QED) is 0.0190. The average Bonchev–Trinajstić information content (AvgIpc) is 0.880. The van der Waals surface area contributed by atoms with Gasteiger partial charge in [-0.25, -0.2) is 38.4 Å². The van der Waals surface area contributed by atoms with Gasteiger partial charge in [0.2, 0.25) is 24.8 Å². The van der Waals surface area contributed by atoms with Gasteiger partial charge in [-0.15, -0.1) is 0 Å². The van der Waals surface area contributed by atoms with Crippen molar-refractivity contribution in [1.82, 2.24) is 0 Å². The van der Waals surface area contributed by atoms with Crippen LogP contribution in [0.1, 0.15) is 115 Å². The van der Waals surface area contributed by atoms with Crippen molar-refractivity contribution in [2.24, 2.45) is 0 Å². The van der Waals surface area contributed by atoms with Crippen LogP contribution in [0.25, 0.3) is 22.3 Å². The minimum Gasteiger partial charge on any atom is -0.461 e. The van der Waals surface area contributed by atoms with Gasteiger partial charge in [-0.05, 0) is 128 Å². The topological polar surface area (TPSA) is 304 Å². The first kappa shape index (κ1) is 77.3. The third kappa shape index (κ3) is 19.6. The van der Waals surface area contributed by atoms with Crippen LogP contribution in [-0.4, -0.2) is 128 Å². The first-order valence-corrected chi connectivity index (χ1v) is 36.2. The summed E-state index contributed by atoms with van der Waals surface area (Å²) in [6.07, 6.45) is -15.8. The minimum absolute atomic E-state index is 0.00328. The number of carbonyl (C=O) groups is 9. The molecule has 2 aliphatic heterocycles. The summed E-state index contributed by atoms with van der Waals surface area (Å²) in [6, 6.07) is 72.3. The molecule has 2 saturated heterocycles. The highest BCUT2D eigenvalue weighted by molar-refractivity contribution is 5.94. The number of ether oxygens (including phenoxy) is 13. The number of esters is 9. The lowest BCUT2D eigenvalue weighted by Gasteiger charge is -2.44. The van der Waals surface area contributed by atoms with Gasteiger partial charge in [-0.1, -0.05) is 165 Å². The minimum atomic E-state index is -1.94. The van der Waals surface area contributed by atoms with Crippen LogP contribution in [0, 0.1) is 0 Å². The molecule has 10 atom stereocenters. The van der Waals surface area contributed by atoms with Crippen LogP contribution in [-0.2, 0) is 52.2 Å². The maximum atomic E-state index is 14.9. The van der Waals surface area contributed by atoms with Crippen molar-refractivity contribution >= 4 is 64.7 Å². The molecule has 0 amide bonds. The van der Waals surface area contributed by atoms with Crippen molar-refractivity contribution in [3.05, 3.63) is 340 Å². The highest BCUT2D eigenvalue weighted by atomic mass is 16.8. The van der Waals surface area contributed by atoms with E-state index in [1.165, 1.54) is 133 Å². The number of unbranched alkanes of at least 4 members (excludes halogenated alkanes) is 2. The van der Waals surface area contributed by atoms with E-state index in [1.54, 1.807) is 146 Å². The van der Waals surface area contributed by atoms with Crippen LogP contribution in [0.2, 0.25) is 0 Å². The van der Waals surface area contributed by atoms with Gasteiger partial charge in [0.25, 0.3) is 0 Å². The summed E-state index contributed by atoms with van der Waals surface area (Å²) in [4.78, 5) is 143. The molecule has 0 radical (unpaired) electrons. The molecular formula is C89H72O24. The molecule has 1 aromatic heterocycles. The predicted molar refractivity (Wildman–Crippen MR) is 404 cm³/mol. The fourth-order valence-electron chi connectivity index (χ4n) is 12.4. The van der Waals surface area contributed by atoms with E-state index in [2.05, 4.69) is 0 Å². The van der Waals surface area contributed by atoms with Gasteiger partial charge in [-0.3, -0.25) is 9.59 Å². The zero-order valence-electron chi connectivity index (χ0n) is 60.4. The lowest BCUT2D eigenvalue weighted by molar-refractivity contribution is -0.275. The Hall–Kier alpha value is -13.8. The number of carbonyl (C=O) groups excluding carboxylic acids is 9. The smallest absolute Gasteiger partial charge is 0.338 e. The summed E-state index contributed by atoms with van der Waals surface area (Å²) in [5.41, 5.74) is -0.164. The van der Waals surface area contributed by atoms with Crippen molar-refractivity contribution in [3.63, 3.8) is 0 Å². The molecule has 2 fully saturated rings. The highest BCUT2D eigenvalue weighted by Crippen LogP contribution is 2.39. The van der Waals surface area contributed by atoms with Crippen molar-refractivity contribution in [2.45, 2.75) is 94.0 Å². The Morgan fingerprint density at radius 2 is 0.655 bits per heavy atom. The summed E-state index contributed by atoms with van der Waals surface area (Å²) in [7, 11) is 0. The first-order chi connectivity index (χ1) is 55.1. The normalized spacial score (nSPS) is 19.0. The largest absolute Gasteiger partial charge is 0.461 e. The second kappa shape index (κ2) is 37.0. The molecule has 0 N–H and O–H groups in total. The third-order valence-electron chi connectivity index (χ3n) is 18.1. The molecule has 24 nitrogen and oxygen atoms in total. The summed E-state index contributed by atoms with van der Waals surface area (Å²) in [5, 5.41) is -0.236. The molecule has 0 saturated carbocycles. The lowest BCUT2D eigenvalue weighted by atomic mass is 9.97. The van der Waals surface area contributed by atoms with E-state index in [0.29, 0.717) is 12.8 Å². The third-order valence-corrected chi connectivity index (χ3v) is 18.1. The standard InChI is InChI=1S/C89H72O24/c1-2-3-12-45-72(91)105-69-51-65(103-89-79(113-87(99)63-43-27-11-28-44-63)77(111-85(97)61-39-23-9-24-40-61)75(109-83(95)59-35-19-7-20-36-59)71(107-89)54-101-81(93)57-31-15-5-16-32-57)50-68-73(69)66(90)52-67(104-68)55-46-48-64(49-47-55)102-88-78(112-86(98)62-41-25-10-26-42-62)76(110-84(96)60-37-21-8-22-38-60)74(108-82(94)58-33-17-6-18-34-58)70(106-88)53-100-80(92)56-29-13-4-14-30-56/h4-11,13-44,46-52,70-71,74-79,88-89H,2-3,12,45,53-54H2,1H3/t70-,71-,74-,75-,76+,77+,78-,79-,88-,89-/m1/s1. The van der Waals surface area contributed by atoms with Gasteiger partial charge >= 0.3 is 53.7 Å². The van der Waals surface area contributed by atoms with E-state index in [9.17, 15) is 47.9 Å². The molecular weight excluding hydrogens is 1450 g/mol. The van der Waals surface area contributed by atoms with E-state index < -0.39 is 134 Å². The van der Waals surface area contributed by atoms with Gasteiger partial charge in [-0.2, -0.15) is 0 Å². The van der Waals surface area contributed by atoms with Gasteiger partial charge in [0.1, 0.15) is 59.4 Å². The molecule has 0 aliphatic carbocycles. The Bertz CT molecular complexity index is 5190. The second-order valence-corrected chi connectivity index (χ2v) is 25.9. The molecule has 113 heavy (non-hydrogen) atoms. The second-order valence-electron chi connectivity index (χ2n) is 25.9. The molecule has 3 heterocycles. The molecule has 0 unspecified atom stereocenters. The van der Waals surface area contributed by atoms with Crippen molar-refractivity contribution in [1.29, 1.82) is 0 Å². The van der Waals surface area contributed by atoms with Crippen molar-refractivity contribution in [2.75, 3.05) is 13.2 Å². The number of hydrogen-bond donors (Lipinski definition) is 0. The van der Waals surface area contributed by atoms with E-state index in [4.69, 9.17) is 66.0 Å². The van der Waals surface area contributed by atoms with Gasteiger partial charge in [0, 0.05) is 30.2 Å². The zero-order chi connectivity index (χ0) is 78.6. The van der Waals surface area contributed by atoms with Crippen molar-refractivity contribution < 1.29 is 109 Å². The Morgan fingerprint density at radius 1 is 0.336 bits per heavy atom. The Labute approximate surface area is 646 Å². The monoisotopic (exact) mass is 1520 g/mol. The Morgan fingerprint density at radius 3 is 1.00 bits per heavy atom. The average molecular weight is 1530 g/mol. The molecule has 0 bridgehead atoms. The first-order valence-electron chi connectivity index (χ1n) is 36.2. The van der Waals surface area contributed by atoms with E-state index in [1.807, 2.05) is 6.92 Å². The Balaban J connectivity index is 0.881. The predicted octanol–water partition coefficient (Wildman–Crippen LogP) is 14.2. The van der Waals surface area contributed by atoms with E-state index >= 15 is 0 Å². The zero-order valence-corrected chi connectivity index (χ0v) is 60.4. The fourth-order valence-corrected chi connectivity index (χ4v) is 12.4. The molecule has 10 aromatic carbocycles. The molecule has 24 heteroatoms. The summed E-state index contributed by atoms with van der Waals surface area (Å²) in [6.45, 7) is 0.594. The maximum absolute atomic E-state index is 14.9. The highest BCUT2D eigenvalue weighted by Gasteiger charge is 2.56. The van der Waals surface area contributed by atoms with E-state index in [0.717, 1.165) is 12.5 Å². The molecule has 13 rings (SSSR count). The van der Waals surface area contributed by atoms with Gasteiger partial charge in [0.05, 0.1) is 44.5 Å². The molecule has 572 valence electrons. The number of fused-ring (bicyclic) bond motifs is 1.